The SMILES string of the molecule is NCCn1nnc(Cc2cccc(F)c2)n1. The van der Waals surface area contributed by atoms with Crippen LogP contribution in [-0.2, 0) is 13.0 Å². The van der Waals surface area contributed by atoms with E-state index in [1.165, 1.54) is 16.9 Å². The topological polar surface area (TPSA) is 69.6 Å². The molecule has 0 amide bonds. The number of benzene rings is 1. The number of nitrogens with zero attached hydrogens (tertiary/aromatic N) is 4. The molecule has 0 aliphatic carbocycles. The maximum absolute atomic E-state index is 12.9. The molecule has 0 saturated heterocycles. The summed E-state index contributed by atoms with van der Waals surface area (Å²) < 4.78 is 12.9. The van der Waals surface area contributed by atoms with Gasteiger partial charge >= 0.3 is 0 Å². The van der Waals surface area contributed by atoms with E-state index in [1.807, 2.05) is 6.07 Å². The third kappa shape index (κ3) is 2.60. The maximum Gasteiger partial charge on any atom is 0.179 e. The molecule has 1 aromatic heterocycles. The Morgan fingerprint density at radius 3 is 3.00 bits per heavy atom. The molecule has 2 aromatic rings. The molecular formula is C10H12FN5. The third-order valence-corrected chi connectivity index (χ3v) is 2.07. The van der Waals surface area contributed by atoms with Crippen molar-refractivity contribution in [2.75, 3.05) is 6.54 Å². The van der Waals surface area contributed by atoms with E-state index < -0.39 is 0 Å². The predicted octanol–water partition coefficient (Wildman–Crippen LogP) is 0.362. The molecule has 2 rings (SSSR count). The third-order valence-electron chi connectivity index (χ3n) is 2.07. The predicted molar refractivity (Wildman–Crippen MR) is 56.1 cm³/mol. The van der Waals surface area contributed by atoms with E-state index in [-0.39, 0.29) is 5.82 Å². The van der Waals surface area contributed by atoms with E-state index >= 15 is 0 Å². The minimum Gasteiger partial charge on any atom is -0.329 e. The Hall–Kier alpha value is -1.82. The first kappa shape index (κ1) is 10.7. The lowest BCUT2D eigenvalue weighted by Gasteiger charge is -1.96. The molecule has 0 bridgehead atoms. The first-order valence-electron chi connectivity index (χ1n) is 4.99. The minimum atomic E-state index is -0.258. The zero-order chi connectivity index (χ0) is 11.4. The highest BCUT2D eigenvalue weighted by Crippen LogP contribution is 2.06. The van der Waals surface area contributed by atoms with E-state index in [0.717, 1.165) is 5.56 Å². The smallest absolute Gasteiger partial charge is 0.179 e. The van der Waals surface area contributed by atoms with Gasteiger partial charge in [0.15, 0.2) is 5.82 Å². The van der Waals surface area contributed by atoms with Crippen LogP contribution in [0.2, 0.25) is 0 Å². The van der Waals surface area contributed by atoms with E-state index in [4.69, 9.17) is 5.73 Å². The molecule has 0 aliphatic rings. The van der Waals surface area contributed by atoms with E-state index in [0.29, 0.717) is 25.3 Å². The standard InChI is InChI=1S/C10H12FN5/c11-9-3-1-2-8(6-9)7-10-13-15-16(14-10)5-4-12/h1-3,6H,4-5,7,12H2. The Morgan fingerprint density at radius 1 is 1.38 bits per heavy atom. The molecule has 0 radical (unpaired) electrons. The Morgan fingerprint density at radius 2 is 2.25 bits per heavy atom. The van der Waals surface area contributed by atoms with Crippen molar-refractivity contribution in [1.82, 2.24) is 20.2 Å². The zero-order valence-electron chi connectivity index (χ0n) is 8.67. The lowest BCUT2D eigenvalue weighted by molar-refractivity contribution is 0.529. The van der Waals surface area contributed by atoms with Gasteiger partial charge in [0.2, 0.25) is 0 Å². The van der Waals surface area contributed by atoms with E-state index in [9.17, 15) is 4.39 Å². The number of nitrogens with two attached hydrogens (primary N) is 1. The molecule has 0 fully saturated rings. The van der Waals surface area contributed by atoms with Crippen LogP contribution in [0.15, 0.2) is 24.3 Å². The lowest BCUT2D eigenvalue weighted by Crippen LogP contribution is -2.12. The van der Waals surface area contributed by atoms with Crippen LogP contribution in [0, 0.1) is 5.82 Å². The highest BCUT2D eigenvalue weighted by molar-refractivity contribution is 5.19. The first-order valence-corrected chi connectivity index (χ1v) is 4.99. The van der Waals surface area contributed by atoms with Crippen LogP contribution in [0.25, 0.3) is 0 Å². The van der Waals surface area contributed by atoms with Gasteiger partial charge in [-0.3, -0.25) is 0 Å². The fraction of sp³-hybridized carbons (Fsp3) is 0.300. The molecule has 2 N–H and O–H groups in total. The average molecular weight is 221 g/mol. The highest BCUT2D eigenvalue weighted by atomic mass is 19.1. The van der Waals surface area contributed by atoms with Crippen molar-refractivity contribution in [2.45, 2.75) is 13.0 Å². The van der Waals surface area contributed by atoms with Crippen molar-refractivity contribution in [3.63, 3.8) is 0 Å². The second kappa shape index (κ2) is 4.80. The highest BCUT2D eigenvalue weighted by Gasteiger charge is 2.04. The molecular weight excluding hydrogens is 209 g/mol. The summed E-state index contributed by atoms with van der Waals surface area (Å²) in [6.07, 6.45) is 0.475. The monoisotopic (exact) mass is 221 g/mol. The molecule has 0 aliphatic heterocycles. The van der Waals surface area contributed by atoms with Gasteiger partial charge in [0.05, 0.1) is 6.54 Å². The molecule has 84 valence electrons. The van der Waals surface area contributed by atoms with Crippen LogP contribution in [0.5, 0.6) is 0 Å². The summed E-state index contributed by atoms with van der Waals surface area (Å²) in [7, 11) is 0. The van der Waals surface area contributed by atoms with Crippen LogP contribution >= 0.6 is 0 Å². The van der Waals surface area contributed by atoms with Crippen LogP contribution in [0.3, 0.4) is 0 Å². The summed E-state index contributed by atoms with van der Waals surface area (Å²) >= 11 is 0. The Kier molecular flexibility index (Phi) is 3.21. The van der Waals surface area contributed by atoms with Gasteiger partial charge in [0.1, 0.15) is 5.82 Å². The summed E-state index contributed by atoms with van der Waals surface area (Å²) in [5, 5.41) is 11.8. The molecule has 5 nitrogen and oxygen atoms in total. The van der Waals surface area contributed by atoms with E-state index in [2.05, 4.69) is 15.4 Å². The molecule has 6 heteroatoms. The molecule has 0 atom stereocenters. The number of tetrazole rings is 1. The summed E-state index contributed by atoms with van der Waals surface area (Å²) in [6, 6.07) is 6.35. The molecule has 1 heterocycles. The number of rotatable bonds is 4. The number of hydrogen-bond donors (Lipinski definition) is 1. The number of aromatic nitrogens is 4. The fourth-order valence-corrected chi connectivity index (χ4v) is 1.39. The Bertz CT molecular complexity index is 468. The summed E-state index contributed by atoms with van der Waals surface area (Å²) in [6.45, 7) is 1.01. The molecule has 0 saturated carbocycles. The lowest BCUT2D eigenvalue weighted by atomic mass is 10.1. The van der Waals surface area contributed by atoms with Crippen molar-refractivity contribution >= 4 is 0 Å². The van der Waals surface area contributed by atoms with Crippen molar-refractivity contribution in [1.29, 1.82) is 0 Å². The zero-order valence-corrected chi connectivity index (χ0v) is 8.67. The van der Waals surface area contributed by atoms with Crippen LogP contribution in [-0.4, -0.2) is 26.8 Å². The van der Waals surface area contributed by atoms with Crippen LogP contribution < -0.4 is 5.73 Å². The number of hydrogen-bond acceptors (Lipinski definition) is 4. The molecule has 16 heavy (non-hydrogen) atoms. The Balaban J connectivity index is 2.08. The normalized spacial score (nSPS) is 10.6. The first-order chi connectivity index (χ1) is 7.78. The van der Waals surface area contributed by atoms with Crippen molar-refractivity contribution < 1.29 is 4.39 Å². The quantitative estimate of drug-likeness (QED) is 0.809. The Labute approximate surface area is 92.1 Å². The maximum atomic E-state index is 12.9. The van der Waals surface area contributed by atoms with Gasteiger partial charge in [-0.05, 0) is 22.9 Å². The summed E-state index contributed by atoms with van der Waals surface area (Å²) in [5.74, 6) is 0.311. The van der Waals surface area contributed by atoms with Gasteiger partial charge in [-0.2, -0.15) is 4.80 Å². The average Bonchev–Trinajstić information content (AvgIpc) is 2.66. The van der Waals surface area contributed by atoms with Gasteiger partial charge in [-0.15, -0.1) is 10.2 Å². The largest absolute Gasteiger partial charge is 0.329 e. The second-order valence-electron chi connectivity index (χ2n) is 3.40. The number of halogens is 1. The fourth-order valence-electron chi connectivity index (χ4n) is 1.39. The summed E-state index contributed by atoms with van der Waals surface area (Å²) in [5.41, 5.74) is 6.19. The second-order valence-corrected chi connectivity index (χ2v) is 3.40. The summed E-state index contributed by atoms with van der Waals surface area (Å²) in [4.78, 5) is 1.44. The van der Waals surface area contributed by atoms with E-state index in [1.54, 1.807) is 6.07 Å². The van der Waals surface area contributed by atoms with Crippen molar-refractivity contribution in [3.8, 4) is 0 Å². The van der Waals surface area contributed by atoms with Crippen LogP contribution in [0.1, 0.15) is 11.4 Å². The minimum absolute atomic E-state index is 0.258. The van der Waals surface area contributed by atoms with Crippen molar-refractivity contribution in [3.05, 3.63) is 41.5 Å². The molecule has 1 aromatic carbocycles. The van der Waals surface area contributed by atoms with Gasteiger partial charge in [0.25, 0.3) is 0 Å². The van der Waals surface area contributed by atoms with Gasteiger partial charge in [-0.25, -0.2) is 4.39 Å². The van der Waals surface area contributed by atoms with Gasteiger partial charge in [-0.1, -0.05) is 12.1 Å². The van der Waals surface area contributed by atoms with Crippen molar-refractivity contribution in [2.24, 2.45) is 5.73 Å². The van der Waals surface area contributed by atoms with Gasteiger partial charge in [0, 0.05) is 13.0 Å². The van der Waals surface area contributed by atoms with Gasteiger partial charge < -0.3 is 5.73 Å². The molecule has 0 spiro atoms. The van der Waals surface area contributed by atoms with Crippen LogP contribution in [0.4, 0.5) is 4.39 Å². The molecule has 0 unspecified atom stereocenters.